The van der Waals surface area contributed by atoms with Gasteiger partial charge in [0.05, 0.1) is 10.6 Å². The fraction of sp³-hybridized carbons (Fsp3) is 0.278. The van der Waals surface area contributed by atoms with Crippen molar-refractivity contribution in [3.8, 4) is 17.2 Å². The van der Waals surface area contributed by atoms with Crippen molar-refractivity contribution in [3.63, 3.8) is 0 Å². The molecule has 1 saturated heterocycles. The van der Waals surface area contributed by atoms with Crippen LogP contribution in [0.2, 0.25) is 5.02 Å². The molecule has 4 rings (SSSR count). The van der Waals surface area contributed by atoms with Gasteiger partial charge in [0, 0.05) is 19.2 Å². The maximum atomic E-state index is 12.8. The van der Waals surface area contributed by atoms with Crippen molar-refractivity contribution in [2.75, 3.05) is 19.9 Å². The summed E-state index contributed by atoms with van der Waals surface area (Å²) in [6.07, 6.45) is 1.62. The molecule has 0 radical (unpaired) electrons. The van der Waals surface area contributed by atoms with E-state index in [2.05, 4.69) is 0 Å². The van der Waals surface area contributed by atoms with Gasteiger partial charge in [0.25, 0.3) is 0 Å². The summed E-state index contributed by atoms with van der Waals surface area (Å²) in [5, 5.41) is 0.0709. The van der Waals surface area contributed by atoms with Gasteiger partial charge in [-0.15, -0.1) is 0 Å². The summed E-state index contributed by atoms with van der Waals surface area (Å²) in [4.78, 5) is 12.4. The minimum Gasteiger partial charge on any atom is -0.454 e. The van der Waals surface area contributed by atoms with Crippen LogP contribution >= 0.6 is 11.6 Å². The molecule has 0 atom stereocenters. The molecule has 2 heterocycles. The Labute approximate surface area is 161 Å². The lowest BCUT2D eigenvalue weighted by atomic mass is 10.2. The number of nitrogens with zero attached hydrogens (tertiary/aromatic N) is 1. The lowest BCUT2D eigenvalue weighted by Gasteiger charge is -2.17. The predicted octanol–water partition coefficient (Wildman–Crippen LogP) is 3.07. The molecule has 0 spiro atoms. The third-order valence-electron chi connectivity index (χ3n) is 4.40. The van der Waals surface area contributed by atoms with Gasteiger partial charge in [-0.05, 0) is 43.2 Å². The molecule has 2 aromatic carbocycles. The molecule has 2 aromatic rings. The topological polar surface area (TPSA) is 82.1 Å². The Morgan fingerprint density at radius 2 is 1.78 bits per heavy atom. The zero-order valence-corrected chi connectivity index (χ0v) is 15.8. The Hall–Kier alpha value is -2.29. The van der Waals surface area contributed by atoms with Crippen LogP contribution in [0.3, 0.4) is 0 Å². The zero-order chi connectivity index (χ0) is 19.0. The van der Waals surface area contributed by atoms with E-state index in [0.717, 1.165) is 12.8 Å². The van der Waals surface area contributed by atoms with Gasteiger partial charge in [0.15, 0.2) is 11.5 Å². The van der Waals surface area contributed by atoms with E-state index < -0.39 is 16.0 Å². The highest BCUT2D eigenvalue weighted by atomic mass is 35.5. The quantitative estimate of drug-likeness (QED) is 0.570. The molecule has 0 bridgehead atoms. The summed E-state index contributed by atoms with van der Waals surface area (Å²) < 4.78 is 42.7. The highest BCUT2D eigenvalue weighted by Crippen LogP contribution is 2.35. The molecule has 0 saturated carbocycles. The molecule has 0 N–H and O–H groups in total. The van der Waals surface area contributed by atoms with Crippen LogP contribution in [0, 0.1) is 0 Å². The summed E-state index contributed by atoms with van der Waals surface area (Å²) in [6.45, 7) is 1.01. The molecule has 2 aliphatic rings. The predicted molar refractivity (Wildman–Crippen MR) is 97.0 cm³/mol. The van der Waals surface area contributed by atoms with Crippen LogP contribution < -0.4 is 14.2 Å². The van der Waals surface area contributed by atoms with Crippen molar-refractivity contribution >= 4 is 27.6 Å². The fourth-order valence-corrected chi connectivity index (χ4v) is 5.02. The van der Waals surface area contributed by atoms with Gasteiger partial charge in [0.2, 0.25) is 16.8 Å². The van der Waals surface area contributed by atoms with E-state index in [1.807, 2.05) is 0 Å². The Morgan fingerprint density at radius 3 is 2.56 bits per heavy atom. The van der Waals surface area contributed by atoms with Crippen LogP contribution in [-0.4, -0.2) is 38.6 Å². The van der Waals surface area contributed by atoms with Crippen LogP contribution in [0.25, 0.3) is 0 Å². The second-order valence-corrected chi connectivity index (χ2v) is 8.47. The van der Waals surface area contributed by atoms with Gasteiger partial charge in [-0.25, -0.2) is 13.2 Å². The normalized spacial score (nSPS) is 16.5. The number of fused-ring (bicyclic) bond motifs is 1. The third-order valence-corrected chi connectivity index (χ3v) is 6.78. The molecule has 142 valence electrons. The van der Waals surface area contributed by atoms with E-state index in [0.29, 0.717) is 24.6 Å². The lowest BCUT2D eigenvalue weighted by Crippen LogP contribution is -2.28. The molecule has 9 heteroatoms. The van der Waals surface area contributed by atoms with Crippen LogP contribution in [0.1, 0.15) is 23.2 Å². The average molecular weight is 410 g/mol. The average Bonchev–Trinajstić information content (AvgIpc) is 3.33. The van der Waals surface area contributed by atoms with Crippen LogP contribution in [0.15, 0.2) is 41.3 Å². The molecule has 7 nitrogen and oxygen atoms in total. The number of benzene rings is 2. The summed E-state index contributed by atoms with van der Waals surface area (Å²) in [5.74, 6) is 0.626. The molecule has 2 aliphatic heterocycles. The Balaban J connectivity index is 1.59. The van der Waals surface area contributed by atoms with E-state index in [-0.39, 0.29) is 28.0 Å². The monoisotopic (exact) mass is 409 g/mol. The SMILES string of the molecule is O=C(Oc1ccc2c(c1)OCO2)c1ccc(Cl)c(S(=O)(=O)N2CCCC2)c1. The number of hydrogen-bond donors (Lipinski definition) is 0. The van der Waals surface area contributed by atoms with Crippen molar-refractivity contribution in [1.29, 1.82) is 0 Å². The molecule has 0 aliphatic carbocycles. The number of carbonyl (C=O) groups excluding carboxylic acids is 1. The summed E-state index contributed by atoms with van der Waals surface area (Å²) in [6, 6.07) is 8.82. The smallest absolute Gasteiger partial charge is 0.343 e. The number of rotatable bonds is 4. The van der Waals surface area contributed by atoms with Crippen LogP contribution in [0.4, 0.5) is 0 Å². The lowest BCUT2D eigenvalue weighted by molar-refractivity contribution is 0.0734. The molecule has 0 unspecified atom stereocenters. The number of sulfonamides is 1. The molecule has 0 amide bonds. The van der Waals surface area contributed by atoms with E-state index in [9.17, 15) is 13.2 Å². The van der Waals surface area contributed by atoms with Gasteiger partial charge in [-0.3, -0.25) is 0 Å². The van der Waals surface area contributed by atoms with Crippen molar-refractivity contribution in [3.05, 3.63) is 47.0 Å². The Kier molecular flexibility index (Phi) is 4.71. The summed E-state index contributed by atoms with van der Waals surface area (Å²) in [5.41, 5.74) is 0.0924. The van der Waals surface area contributed by atoms with Gasteiger partial charge in [-0.1, -0.05) is 11.6 Å². The molecule has 0 aromatic heterocycles. The standard InChI is InChI=1S/C18H16ClNO6S/c19-14-5-3-12(9-17(14)27(22,23)20-7-1-2-8-20)18(21)26-13-4-6-15-16(10-13)25-11-24-15/h3-6,9-10H,1-2,7-8,11H2. The number of hydrogen-bond acceptors (Lipinski definition) is 6. The van der Waals surface area contributed by atoms with Crippen molar-refractivity contribution in [2.24, 2.45) is 0 Å². The van der Waals surface area contributed by atoms with E-state index >= 15 is 0 Å². The largest absolute Gasteiger partial charge is 0.454 e. The summed E-state index contributed by atoms with van der Waals surface area (Å²) >= 11 is 6.10. The minimum absolute atomic E-state index is 0.0709. The molecular formula is C18H16ClNO6S. The Morgan fingerprint density at radius 1 is 1.04 bits per heavy atom. The molecular weight excluding hydrogens is 394 g/mol. The highest BCUT2D eigenvalue weighted by molar-refractivity contribution is 7.89. The van der Waals surface area contributed by atoms with Gasteiger partial charge in [0.1, 0.15) is 10.6 Å². The first-order valence-electron chi connectivity index (χ1n) is 8.37. The first-order chi connectivity index (χ1) is 12.9. The number of carbonyl (C=O) groups is 1. The Bertz CT molecular complexity index is 1000. The highest BCUT2D eigenvalue weighted by Gasteiger charge is 2.30. The first-order valence-corrected chi connectivity index (χ1v) is 10.2. The van der Waals surface area contributed by atoms with E-state index in [1.165, 1.54) is 28.6 Å². The van der Waals surface area contributed by atoms with Crippen molar-refractivity contribution < 1.29 is 27.4 Å². The number of esters is 1. The third kappa shape index (κ3) is 3.47. The van der Waals surface area contributed by atoms with Crippen LogP contribution in [0.5, 0.6) is 17.2 Å². The van der Waals surface area contributed by atoms with Crippen molar-refractivity contribution in [2.45, 2.75) is 17.7 Å². The molecule has 27 heavy (non-hydrogen) atoms. The van der Waals surface area contributed by atoms with Crippen molar-refractivity contribution in [1.82, 2.24) is 4.31 Å². The zero-order valence-electron chi connectivity index (χ0n) is 14.2. The maximum Gasteiger partial charge on any atom is 0.343 e. The van der Waals surface area contributed by atoms with Gasteiger partial charge < -0.3 is 14.2 Å². The van der Waals surface area contributed by atoms with Crippen LogP contribution in [-0.2, 0) is 10.0 Å². The molecule has 1 fully saturated rings. The maximum absolute atomic E-state index is 12.8. The number of halogens is 1. The number of ether oxygens (including phenoxy) is 3. The first kappa shape index (κ1) is 18.1. The second-order valence-electron chi connectivity index (χ2n) is 6.16. The summed E-state index contributed by atoms with van der Waals surface area (Å²) in [7, 11) is -3.75. The second kappa shape index (κ2) is 7.03. The fourth-order valence-electron chi connectivity index (χ4n) is 3.00. The van der Waals surface area contributed by atoms with E-state index in [1.54, 1.807) is 12.1 Å². The van der Waals surface area contributed by atoms with Gasteiger partial charge in [-0.2, -0.15) is 4.31 Å². The van der Waals surface area contributed by atoms with E-state index in [4.69, 9.17) is 25.8 Å². The van der Waals surface area contributed by atoms with Gasteiger partial charge >= 0.3 is 5.97 Å². The minimum atomic E-state index is -3.75.